The van der Waals surface area contributed by atoms with Crippen LogP contribution in [0.25, 0.3) is 0 Å². The van der Waals surface area contributed by atoms with E-state index in [2.05, 4.69) is 37.1 Å². The van der Waals surface area contributed by atoms with Gasteiger partial charge in [0.1, 0.15) is 22.2 Å². The molecule has 0 amide bonds. The second kappa shape index (κ2) is 9.37. The van der Waals surface area contributed by atoms with Crippen LogP contribution in [0.2, 0.25) is 0 Å². The lowest BCUT2D eigenvalue weighted by Gasteiger charge is -2.33. The number of nitrogens with zero attached hydrogens (tertiary/aromatic N) is 5. The molecular weight excluding hydrogens is 432 g/mol. The second-order valence-electron chi connectivity index (χ2n) is 7.32. The van der Waals surface area contributed by atoms with Crippen molar-refractivity contribution in [3.8, 4) is 17.4 Å². The lowest BCUT2D eigenvalue weighted by molar-refractivity contribution is 0.0701. The maximum absolute atomic E-state index is 11.3. The number of methoxy groups -OCH3 is 1. The number of aryl methyl sites for hydroxylation is 1. The number of aromatic carboxylic acids is 1. The monoisotopic (exact) mass is 456 g/mol. The van der Waals surface area contributed by atoms with E-state index in [0.29, 0.717) is 22.5 Å². The first-order chi connectivity index (χ1) is 15.4. The third-order valence-electron chi connectivity index (χ3n) is 5.01. The number of hydrogen-bond donors (Lipinski definition) is 2. The van der Waals surface area contributed by atoms with Crippen molar-refractivity contribution in [3.05, 3.63) is 40.9 Å². The van der Waals surface area contributed by atoms with E-state index >= 15 is 0 Å². The first-order valence-electron chi connectivity index (χ1n) is 10.0. The fraction of sp³-hybridized carbons (Fsp3) is 0.333. The maximum Gasteiger partial charge on any atom is 0.347 e. The number of hydrogen-bond acceptors (Lipinski definition) is 10. The van der Waals surface area contributed by atoms with Crippen molar-refractivity contribution in [1.82, 2.24) is 19.9 Å². The van der Waals surface area contributed by atoms with Crippen LogP contribution >= 0.6 is 11.3 Å². The molecule has 11 heteroatoms. The number of ether oxygens (including phenoxy) is 2. The SMILES string of the molecule is COc1ccc(Oc2cc(N3CCN(C)CC3)nc(Nc3nc(C)c(C(=O)O)s3)n2)cc1. The zero-order chi connectivity index (χ0) is 22.7. The predicted molar refractivity (Wildman–Crippen MR) is 122 cm³/mol. The van der Waals surface area contributed by atoms with Crippen molar-refractivity contribution in [3.63, 3.8) is 0 Å². The average molecular weight is 457 g/mol. The highest BCUT2D eigenvalue weighted by Crippen LogP contribution is 2.29. The summed E-state index contributed by atoms with van der Waals surface area (Å²) in [5.74, 6) is 1.71. The molecule has 1 aliphatic heterocycles. The summed E-state index contributed by atoms with van der Waals surface area (Å²) in [5, 5.41) is 12.7. The van der Waals surface area contributed by atoms with Gasteiger partial charge in [-0.2, -0.15) is 9.97 Å². The Hall–Kier alpha value is -3.44. The molecule has 1 saturated heterocycles. The molecule has 2 aromatic heterocycles. The lowest BCUT2D eigenvalue weighted by Crippen LogP contribution is -2.44. The second-order valence-corrected chi connectivity index (χ2v) is 8.32. The predicted octanol–water partition coefficient (Wildman–Crippen LogP) is 3.24. The van der Waals surface area contributed by atoms with E-state index in [-0.39, 0.29) is 10.8 Å². The Morgan fingerprint density at radius 1 is 1.09 bits per heavy atom. The topological polar surface area (TPSA) is 113 Å². The Balaban J connectivity index is 1.63. The van der Waals surface area contributed by atoms with Gasteiger partial charge in [-0.1, -0.05) is 11.3 Å². The summed E-state index contributed by atoms with van der Waals surface area (Å²) in [4.78, 5) is 29.3. The third kappa shape index (κ3) is 5.06. The van der Waals surface area contributed by atoms with Crippen LogP contribution in [0.15, 0.2) is 30.3 Å². The van der Waals surface area contributed by atoms with Gasteiger partial charge in [0.15, 0.2) is 5.13 Å². The molecule has 0 saturated carbocycles. The highest BCUT2D eigenvalue weighted by atomic mass is 32.1. The van der Waals surface area contributed by atoms with Gasteiger partial charge >= 0.3 is 5.97 Å². The molecule has 3 aromatic rings. The summed E-state index contributed by atoms with van der Waals surface area (Å²) in [5.41, 5.74) is 0.440. The van der Waals surface area contributed by atoms with E-state index in [9.17, 15) is 9.90 Å². The fourth-order valence-corrected chi connectivity index (χ4v) is 4.03. The minimum atomic E-state index is -1.01. The molecule has 3 heterocycles. The summed E-state index contributed by atoms with van der Waals surface area (Å²) in [6, 6.07) is 9.02. The molecule has 32 heavy (non-hydrogen) atoms. The Bertz CT molecular complexity index is 1100. The zero-order valence-electron chi connectivity index (χ0n) is 18.0. The van der Waals surface area contributed by atoms with Crippen LogP contribution < -0.4 is 19.7 Å². The lowest BCUT2D eigenvalue weighted by atomic mass is 10.3. The summed E-state index contributed by atoms with van der Waals surface area (Å²) >= 11 is 1.04. The fourth-order valence-electron chi connectivity index (χ4n) is 3.23. The summed E-state index contributed by atoms with van der Waals surface area (Å²) < 4.78 is 11.2. The van der Waals surface area contributed by atoms with Gasteiger partial charge in [0.05, 0.1) is 12.8 Å². The van der Waals surface area contributed by atoms with Crippen molar-refractivity contribution < 1.29 is 19.4 Å². The van der Waals surface area contributed by atoms with Gasteiger partial charge in [-0.15, -0.1) is 0 Å². The van der Waals surface area contributed by atoms with Crippen molar-refractivity contribution in [2.24, 2.45) is 0 Å². The first kappa shape index (κ1) is 21.8. The van der Waals surface area contributed by atoms with Gasteiger partial charge in [0.25, 0.3) is 0 Å². The van der Waals surface area contributed by atoms with Gasteiger partial charge in [-0.3, -0.25) is 5.32 Å². The number of thiazole rings is 1. The first-order valence-corrected chi connectivity index (χ1v) is 10.8. The van der Waals surface area contributed by atoms with E-state index in [1.807, 2.05) is 12.1 Å². The number of carboxylic acid groups (broad SMARTS) is 1. The van der Waals surface area contributed by atoms with Crippen LogP contribution in [0.4, 0.5) is 16.9 Å². The molecule has 0 bridgehead atoms. The van der Waals surface area contributed by atoms with Crippen molar-refractivity contribution in [2.75, 3.05) is 50.6 Å². The number of anilines is 3. The van der Waals surface area contributed by atoms with Crippen LogP contribution in [0.5, 0.6) is 17.4 Å². The van der Waals surface area contributed by atoms with E-state index in [4.69, 9.17) is 9.47 Å². The molecule has 168 valence electrons. The standard InChI is InChI=1S/C21H24N6O4S/c1-13-18(19(28)29)32-21(22-13)25-20-23-16(27-10-8-26(2)9-11-27)12-17(24-20)31-15-6-4-14(30-3)5-7-15/h4-7,12H,8-11H2,1-3H3,(H,28,29)(H,22,23,24,25). The Morgan fingerprint density at radius 2 is 1.78 bits per heavy atom. The van der Waals surface area contributed by atoms with E-state index in [1.165, 1.54) is 0 Å². The number of piperazine rings is 1. The van der Waals surface area contributed by atoms with E-state index < -0.39 is 5.97 Å². The van der Waals surface area contributed by atoms with Crippen molar-refractivity contribution in [2.45, 2.75) is 6.92 Å². The number of benzene rings is 1. The van der Waals surface area contributed by atoms with Gasteiger partial charge < -0.3 is 24.4 Å². The maximum atomic E-state index is 11.3. The van der Waals surface area contributed by atoms with Gasteiger partial charge in [0, 0.05) is 32.2 Å². The smallest absolute Gasteiger partial charge is 0.347 e. The Kier molecular flexibility index (Phi) is 6.37. The minimum absolute atomic E-state index is 0.178. The molecule has 2 N–H and O–H groups in total. The van der Waals surface area contributed by atoms with Crippen molar-refractivity contribution in [1.29, 1.82) is 0 Å². The number of nitrogens with one attached hydrogen (secondary N) is 1. The molecule has 10 nitrogen and oxygen atoms in total. The van der Waals surface area contributed by atoms with Crippen molar-refractivity contribution >= 4 is 34.2 Å². The molecule has 1 aliphatic rings. The summed E-state index contributed by atoms with van der Waals surface area (Å²) in [6.07, 6.45) is 0. The number of likely N-dealkylation sites (N-methyl/N-ethyl adjacent to an activating group) is 1. The quantitative estimate of drug-likeness (QED) is 0.549. The van der Waals surface area contributed by atoms with Crippen LogP contribution in [-0.2, 0) is 0 Å². The molecule has 0 unspecified atom stereocenters. The minimum Gasteiger partial charge on any atom is -0.497 e. The molecule has 1 fully saturated rings. The highest BCUT2D eigenvalue weighted by Gasteiger charge is 2.19. The number of carboxylic acids is 1. The molecule has 1 aromatic carbocycles. The highest BCUT2D eigenvalue weighted by molar-refractivity contribution is 7.17. The molecule has 0 radical (unpaired) electrons. The van der Waals surface area contributed by atoms with Gasteiger partial charge in [-0.25, -0.2) is 9.78 Å². The van der Waals surface area contributed by atoms with E-state index in [1.54, 1.807) is 32.2 Å². The third-order valence-corrected chi connectivity index (χ3v) is 6.07. The average Bonchev–Trinajstić information content (AvgIpc) is 3.15. The van der Waals surface area contributed by atoms with Gasteiger partial charge in [0.2, 0.25) is 11.8 Å². The Labute approximate surface area is 189 Å². The van der Waals surface area contributed by atoms with Crippen LogP contribution in [0, 0.1) is 6.92 Å². The molecule has 0 atom stereocenters. The van der Waals surface area contributed by atoms with Crippen LogP contribution in [0.3, 0.4) is 0 Å². The van der Waals surface area contributed by atoms with Crippen LogP contribution in [-0.4, -0.2) is 71.3 Å². The molecule has 4 rings (SSSR count). The summed E-state index contributed by atoms with van der Waals surface area (Å²) in [6.45, 7) is 5.16. The number of rotatable bonds is 7. The van der Waals surface area contributed by atoms with Gasteiger partial charge in [-0.05, 0) is 38.2 Å². The Morgan fingerprint density at radius 3 is 2.41 bits per heavy atom. The molecule has 0 spiro atoms. The van der Waals surface area contributed by atoms with Crippen LogP contribution in [0.1, 0.15) is 15.4 Å². The largest absolute Gasteiger partial charge is 0.497 e. The normalized spacial score (nSPS) is 14.3. The molecular formula is C21H24N6O4S. The molecule has 0 aliphatic carbocycles. The number of carbonyl (C=O) groups is 1. The number of aromatic nitrogens is 3. The van der Waals surface area contributed by atoms with E-state index in [0.717, 1.165) is 49.1 Å². The zero-order valence-corrected chi connectivity index (χ0v) is 18.8. The summed E-state index contributed by atoms with van der Waals surface area (Å²) in [7, 11) is 3.70.